The summed E-state index contributed by atoms with van der Waals surface area (Å²) in [6.07, 6.45) is 4.33. The summed E-state index contributed by atoms with van der Waals surface area (Å²) in [6, 6.07) is 0. The van der Waals surface area contributed by atoms with Crippen LogP contribution >= 0.6 is 0 Å². The van der Waals surface area contributed by atoms with Gasteiger partial charge in [-0.1, -0.05) is 60.1 Å². The SMILES string of the molecule is C/C(=C\C(C)C(CC(C)O[Si](C)(C)C(C)(C)C)O[Si](C)(C)C(C)(C)C)CB1OC(C)(C)C(C)(C)O1. The van der Waals surface area contributed by atoms with Gasteiger partial charge < -0.3 is 18.2 Å². The highest BCUT2D eigenvalue weighted by Gasteiger charge is 2.51. The lowest BCUT2D eigenvalue weighted by Gasteiger charge is -2.43. The molecule has 206 valence electrons. The standard InChI is InChI=1S/C28H59BO4Si2/c1-21(20-29-32-27(10,11)28(12,13)33-29)18-22(2)24(31-35(16,17)26(7,8)9)19-23(3)30-34(14,15)25(4,5)6/h18,22-24H,19-20H2,1-17H3/b21-18+. The van der Waals surface area contributed by atoms with Crippen LogP contribution in [-0.4, -0.2) is 47.2 Å². The molecule has 1 aliphatic heterocycles. The van der Waals surface area contributed by atoms with Crippen LogP contribution in [0.25, 0.3) is 0 Å². The third kappa shape index (κ3) is 8.81. The summed E-state index contributed by atoms with van der Waals surface area (Å²) in [7, 11) is -3.99. The molecule has 1 fully saturated rings. The second-order valence-electron chi connectivity index (χ2n) is 15.1. The Labute approximate surface area is 221 Å². The zero-order valence-corrected chi connectivity index (χ0v) is 28.4. The quantitative estimate of drug-likeness (QED) is 0.210. The van der Waals surface area contributed by atoms with Crippen LogP contribution in [-0.2, 0) is 18.2 Å². The fourth-order valence-corrected chi connectivity index (χ4v) is 6.79. The van der Waals surface area contributed by atoms with Crippen LogP contribution < -0.4 is 0 Å². The van der Waals surface area contributed by atoms with Gasteiger partial charge in [0.1, 0.15) is 0 Å². The predicted octanol–water partition coefficient (Wildman–Crippen LogP) is 8.85. The molecular weight excluding hydrogens is 467 g/mol. The molecule has 4 nitrogen and oxygen atoms in total. The molecule has 0 aromatic carbocycles. The Bertz CT molecular complexity index is 716. The monoisotopic (exact) mass is 526 g/mol. The maximum atomic E-state index is 7.04. The van der Waals surface area contributed by atoms with Gasteiger partial charge in [0.05, 0.1) is 17.3 Å². The summed E-state index contributed by atoms with van der Waals surface area (Å²) >= 11 is 0. The fourth-order valence-electron chi connectivity index (χ4n) is 3.92. The van der Waals surface area contributed by atoms with Crippen molar-refractivity contribution in [2.24, 2.45) is 5.92 Å². The van der Waals surface area contributed by atoms with Crippen molar-refractivity contribution in [2.45, 2.75) is 162 Å². The molecule has 0 saturated carbocycles. The van der Waals surface area contributed by atoms with Gasteiger partial charge in [-0.2, -0.15) is 0 Å². The first kappa shape index (κ1) is 33.1. The summed E-state index contributed by atoms with van der Waals surface area (Å²) in [5, 5.41) is 0.359. The van der Waals surface area contributed by atoms with E-state index in [0.29, 0.717) is 0 Å². The molecule has 1 heterocycles. The van der Waals surface area contributed by atoms with E-state index in [9.17, 15) is 0 Å². The van der Waals surface area contributed by atoms with E-state index < -0.39 is 16.6 Å². The van der Waals surface area contributed by atoms with Gasteiger partial charge in [0.2, 0.25) is 0 Å². The normalized spacial score (nSPS) is 22.3. The predicted molar refractivity (Wildman–Crippen MR) is 158 cm³/mol. The Balaban J connectivity index is 3.07. The van der Waals surface area contributed by atoms with E-state index >= 15 is 0 Å². The Morgan fingerprint density at radius 1 is 0.829 bits per heavy atom. The van der Waals surface area contributed by atoms with Gasteiger partial charge in [-0.3, -0.25) is 0 Å². The number of hydrogen-bond acceptors (Lipinski definition) is 4. The Morgan fingerprint density at radius 2 is 1.23 bits per heavy atom. The molecule has 0 radical (unpaired) electrons. The molecule has 0 N–H and O–H groups in total. The van der Waals surface area contributed by atoms with Crippen LogP contribution in [0.2, 0.25) is 42.6 Å². The minimum Gasteiger partial charge on any atom is -0.414 e. The minimum absolute atomic E-state index is 0.115. The minimum atomic E-state index is -1.94. The van der Waals surface area contributed by atoms with Crippen molar-refractivity contribution < 1.29 is 18.2 Å². The molecule has 1 aliphatic rings. The van der Waals surface area contributed by atoms with Crippen LogP contribution in [0, 0.1) is 5.92 Å². The van der Waals surface area contributed by atoms with E-state index in [-0.39, 0.29) is 46.5 Å². The zero-order valence-electron chi connectivity index (χ0n) is 26.4. The van der Waals surface area contributed by atoms with E-state index in [1.165, 1.54) is 5.57 Å². The summed E-state index contributed by atoms with van der Waals surface area (Å²) < 4.78 is 26.3. The Kier molecular flexibility index (Phi) is 10.5. The van der Waals surface area contributed by atoms with Gasteiger partial charge in [0, 0.05) is 12.4 Å². The Hall–Kier alpha value is 0.0787. The summed E-state index contributed by atoms with van der Waals surface area (Å²) in [5.74, 6) is 0.275. The van der Waals surface area contributed by atoms with Crippen LogP contribution in [0.3, 0.4) is 0 Å². The lowest BCUT2D eigenvalue weighted by Crippen LogP contribution is -2.48. The number of allylic oxidation sites excluding steroid dienone is 1. The van der Waals surface area contributed by atoms with E-state index in [4.69, 9.17) is 18.2 Å². The van der Waals surface area contributed by atoms with Crippen molar-refractivity contribution in [3.8, 4) is 0 Å². The summed E-state index contributed by atoms with van der Waals surface area (Å²) in [5.41, 5.74) is 0.695. The van der Waals surface area contributed by atoms with Crippen molar-refractivity contribution in [3.05, 3.63) is 11.6 Å². The molecular formula is C28H59BO4Si2. The second kappa shape index (κ2) is 11.1. The van der Waals surface area contributed by atoms with Crippen molar-refractivity contribution in [1.29, 1.82) is 0 Å². The molecule has 0 aromatic heterocycles. The van der Waals surface area contributed by atoms with Gasteiger partial charge in [0.15, 0.2) is 16.6 Å². The first-order valence-corrected chi connectivity index (χ1v) is 19.5. The molecule has 1 saturated heterocycles. The van der Waals surface area contributed by atoms with Gasteiger partial charge in [-0.15, -0.1) is 0 Å². The lowest BCUT2D eigenvalue weighted by molar-refractivity contribution is 0.00578. The average molecular weight is 527 g/mol. The van der Waals surface area contributed by atoms with Crippen LogP contribution in [0.15, 0.2) is 11.6 Å². The number of hydrogen-bond donors (Lipinski definition) is 0. The highest BCUT2D eigenvalue weighted by Crippen LogP contribution is 2.41. The average Bonchev–Trinajstić information content (AvgIpc) is 2.77. The molecule has 3 atom stereocenters. The molecule has 0 aromatic rings. The van der Waals surface area contributed by atoms with E-state index in [2.05, 4.69) is 122 Å². The molecule has 3 unspecified atom stereocenters. The van der Waals surface area contributed by atoms with Crippen LogP contribution in [0.4, 0.5) is 0 Å². The number of rotatable bonds is 10. The smallest absolute Gasteiger partial charge is 0.414 e. The van der Waals surface area contributed by atoms with Crippen molar-refractivity contribution in [2.75, 3.05) is 0 Å². The molecule has 1 rings (SSSR count). The summed E-state index contributed by atoms with van der Waals surface area (Å²) in [4.78, 5) is 0. The topological polar surface area (TPSA) is 36.9 Å². The summed E-state index contributed by atoms with van der Waals surface area (Å²) in [6.45, 7) is 38.4. The molecule has 0 aliphatic carbocycles. The third-order valence-electron chi connectivity index (χ3n) is 9.04. The fraction of sp³-hybridized carbons (Fsp3) is 0.929. The first-order valence-electron chi connectivity index (χ1n) is 13.7. The second-order valence-corrected chi connectivity index (χ2v) is 24.6. The van der Waals surface area contributed by atoms with Gasteiger partial charge >= 0.3 is 7.12 Å². The van der Waals surface area contributed by atoms with Gasteiger partial charge in [-0.25, -0.2) is 0 Å². The van der Waals surface area contributed by atoms with Gasteiger partial charge in [0.25, 0.3) is 0 Å². The largest absolute Gasteiger partial charge is 0.462 e. The molecule has 0 bridgehead atoms. The molecule has 7 heteroatoms. The lowest BCUT2D eigenvalue weighted by atomic mass is 9.79. The van der Waals surface area contributed by atoms with Crippen molar-refractivity contribution >= 4 is 23.8 Å². The van der Waals surface area contributed by atoms with E-state index in [1.54, 1.807) is 0 Å². The molecule has 0 spiro atoms. The molecule has 35 heavy (non-hydrogen) atoms. The maximum Gasteiger partial charge on any atom is 0.462 e. The Morgan fingerprint density at radius 3 is 1.63 bits per heavy atom. The zero-order chi connectivity index (χ0) is 27.8. The maximum absolute atomic E-state index is 7.04. The van der Waals surface area contributed by atoms with Crippen molar-refractivity contribution in [3.63, 3.8) is 0 Å². The van der Waals surface area contributed by atoms with E-state index in [0.717, 1.165) is 12.7 Å². The van der Waals surface area contributed by atoms with E-state index in [1.807, 2.05) is 0 Å². The van der Waals surface area contributed by atoms with Crippen LogP contribution in [0.5, 0.6) is 0 Å². The highest BCUT2D eigenvalue weighted by atomic mass is 28.4. The third-order valence-corrected chi connectivity index (χ3v) is 18.2. The first-order chi connectivity index (χ1) is 15.3. The van der Waals surface area contributed by atoms with Crippen LogP contribution in [0.1, 0.15) is 96.4 Å². The highest BCUT2D eigenvalue weighted by molar-refractivity contribution is 6.74. The van der Waals surface area contributed by atoms with Crippen molar-refractivity contribution in [1.82, 2.24) is 0 Å². The van der Waals surface area contributed by atoms with Gasteiger partial charge in [-0.05, 0) is 90.1 Å². The molecule has 0 amide bonds.